The summed E-state index contributed by atoms with van der Waals surface area (Å²) >= 11 is 0. The predicted molar refractivity (Wildman–Crippen MR) is 117 cm³/mol. The first-order valence-corrected chi connectivity index (χ1v) is 11.1. The first-order valence-electron chi connectivity index (χ1n) is 11.1. The van der Waals surface area contributed by atoms with Crippen molar-refractivity contribution in [2.45, 2.75) is 58.4 Å². The van der Waals surface area contributed by atoms with Crippen molar-refractivity contribution >= 4 is 12.0 Å². The molecule has 5 nitrogen and oxygen atoms in total. The Morgan fingerprint density at radius 1 is 1.14 bits per heavy atom. The molecule has 1 amide bonds. The largest absolute Gasteiger partial charge is 0.353 e. The topological polar surface area (TPSA) is 40.5 Å². The molecule has 0 radical (unpaired) electrons. The summed E-state index contributed by atoms with van der Waals surface area (Å²) in [5.41, 5.74) is 3.79. The molecule has 1 saturated carbocycles. The number of carbonyl (C=O) groups excluding carboxylic acids is 1. The van der Waals surface area contributed by atoms with Crippen LogP contribution in [0.5, 0.6) is 0 Å². The lowest BCUT2D eigenvalue weighted by Crippen LogP contribution is -2.45. The second-order valence-electron chi connectivity index (χ2n) is 8.61. The Morgan fingerprint density at radius 3 is 2.57 bits per heavy atom. The predicted octanol–water partition coefficient (Wildman–Crippen LogP) is 3.38. The Hall–Kier alpha value is -1.59. The summed E-state index contributed by atoms with van der Waals surface area (Å²) in [6.07, 6.45) is 11.3. The van der Waals surface area contributed by atoms with Crippen molar-refractivity contribution < 1.29 is 4.79 Å². The van der Waals surface area contributed by atoms with E-state index in [1.807, 2.05) is 6.08 Å². The summed E-state index contributed by atoms with van der Waals surface area (Å²) in [4.78, 5) is 17.0. The molecule has 2 aliphatic rings. The molecule has 28 heavy (non-hydrogen) atoms. The molecular weight excluding hydrogens is 348 g/mol. The van der Waals surface area contributed by atoms with E-state index in [9.17, 15) is 4.79 Å². The minimum Gasteiger partial charge on any atom is -0.353 e. The van der Waals surface area contributed by atoms with Crippen molar-refractivity contribution in [2.75, 3.05) is 46.3 Å². The van der Waals surface area contributed by atoms with E-state index in [0.717, 1.165) is 45.7 Å². The van der Waals surface area contributed by atoms with E-state index >= 15 is 0 Å². The first-order chi connectivity index (χ1) is 13.5. The van der Waals surface area contributed by atoms with Gasteiger partial charge in [-0.25, -0.2) is 0 Å². The number of rotatable bonds is 7. The number of hydrogen-bond donors (Lipinski definition) is 1. The van der Waals surface area contributed by atoms with Gasteiger partial charge in [-0.1, -0.05) is 19.3 Å². The second kappa shape index (κ2) is 10.3. The molecular formula is C23H38N4O. The van der Waals surface area contributed by atoms with Crippen molar-refractivity contribution in [1.82, 2.24) is 19.7 Å². The normalized spacial score (nSPS) is 20.1. The van der Waals surface area contributed by atoms with Crippen LogP contribution >= 0.6 is 0 Å². The molecule has 0 spiro atoms. The molecule has 2 heterocycles. The third-order valence-electron chi connectivity index (χ3n) is 6.42. The maximum Gasteiger partial charge on any atom is 0.244 e. The van der Waals surface area contributed by atoms with Crippen molar-refractivity contribution in [2.24, 2.45) is 0 Å². The van der Waals surface area contributed by atoms with E-state index in [4.69, 9.17) is 0 Å². The van der Waals surface area contributed by atoms with Crippen LogP contribution in [0.2, 0.25) is 0 Å². The van der Waals surface area contributed by atoms with E-state index in [1.54, 1.807) is 6.08 Å². The van der Waals surface area contributed by atoms with Gasteiger partial charge in [-0.05, 0) is 64.4 Å². The molecule has 1 saturated heterocycles. The van der Waals surface area contributed by atoms with Gasteiger partial charge in [0, 0.05) is 56.2 Å². The molecule has 2 fully saturated rings. The van der Waals surface area contributed by atoms with Crippen molar-refractivity contribution in [3.8, 4) is 0 Å². The monoisotopic (exact) mass is 386 g/mol. The lowest BCUT2D eigenvalue weighted by atomic mass is 9.95. The third kappa shape index (κ3) is 5.71. The highest BCUT2D eigenvalue weighted by Crippen LogP contribution is 2.32. The number of hydrogen-bond acceptors (Lipinski definition) is 3. The summed E-state index contributed by atoms with van der Waals surface area (Å²) in [6.45, 7) is 10.8. The fourth-order valence-corrected chi connectivity index (χ4v) is 4.68. The van der Waals surface area contributed by atoms with Crippen LogP contribution in [-0.4, -0.2) is 66.6 Å². The fourth-order valence-electron chi connectivity index (χ4n) is 4.68. The molecule has 0 bridgehead atoms. The quantitative estimate of drug-likeness (QED) is 0.577. The van der Waals surface area contributed by atoms with E-state index in [2.05, 4.69) is 46.6 Å². The van der Waals surface area contributed by atoms with Gasteiger partial charge in [0.2, 0.25) is 5.91 Å². The van der Waals surface area contributed by atoms with Gasteiger partial charge in [0.05, 0.1) is 0 Å². The summed E-state index contributed by atoms with van der Waals surface area (Å²) in [5.74, 6) is 0.0147. The maximum absolute atomic E-state index is 12.2. The van der Waals surface area contributed by atoms with Gasteiger partial charge >= 0.3 is 0 Å². The number of amides is 1. The molecule has 1 aromatic rings. The Kier molecular flexibility index (Phi) is 7.74. The van der Waals surface area contributed by atoms with Gasteiger partial charge in [0.25, 0.3) is 0 Å². The van der Waals surface area contributed by atoms with E-state index in [-0.39, 0.29) is 5.91 Å². The van der Waals surface area contributed by atoms with Crippen LogP contribution in [0, 0.1) is 13.8 Å². The molecule has 0 unspecified atom stereocenters. The van der Waals surface area contributed by atoms with Gasteiger partial charge in [0.1, 0.15) is 0 Å². The zero-order valence-electron chi connectivity index (χ0n) is 18.0. The van der Waals surface area contributed by atoms with Gasteiger partial charge in [-0.2, -0.15) is 0 Å². The Labute approximate surface area is 170 Å². The molecule has 0 atom stereocenters. The van der Waals surface area contributed by atoms with Gasteiger partial charge in [-0.3, -0.25) is 4.79 Å². The average Bonchev–Trinajstić information content (AvgIpc) is 2.99. The molecule has 0 aromatic carbocycles. The molecule has 1 aromatic heterocycles. The molecule has 1 aliphatic carbocycles. The SMILES string of the molecule is Cc1cc(/C=C/C(=O)NCCCN2CCN(C)CC2)c(C)n1C1CCCCC1. The summed E-state index contributed by atoms with van der Waals surface area (Å²) in [5, 5.41) is 3.04. The number of likely N-dealkylation sites (N-methyl/N-ethyl adjacent to an activating group) is 1. The van der Waals surface area contributed by atoms with Crippen LogP contribution in [0.1, 0.15) is 61.5 Å². The number of aryl methyl sites for hydroxylation is 1. The second-order valence-corrected chi connectivity index (χ2v) is 8.61. The van der Waals surface area contributed by atoms with Crippen LogP contribution < -0.4 is 5.32 Å². The average molecular weight is 387 g/mol. The molecule has 3 rings (SSSR count). The Balaban J connectivity index is 1.44. The highest BCUT2D eigenvalue weighted by Gasteiger charge is 2.19. The Morgan fingerprint density at radius 2 is 1.86 bits per heavy atom. The van der Waals surface area contributed by atoms with Crippen molar-refractivity contribution in [3.63, 3.8) is 0 Å². The number of carbonyl (C=O) groups is 1. The van der Waals surface area contributed by atoms with Crippen LogP contribution in [0.4, 0.5) is 0 Å². The zero-order valence-corrected chi connectivity index (χ0v) is 18.0. The molecule has 5 heteroatoms. The number of aromatic nitrogens is 1. The Bertz CT molecular complexity index is 664. The van der Waals surface area contributed by atoms with Crippen LogP contribution in [0.25, 0.3) is 6.08 Å². The van der Waals surface area contributed by atoms with Gasteiger partial charge in [0.15, 0.2) is 0 Å². The van der Waals surface area contributed by atoms with E-state index in [0.29, 0.717) is 6.04 Å². The number of piperazine rings is 1. The van der Waals surface area contributed by atoms with Gasteiger partial charge in [-0.15, -0.1) is 0 Å². The van der Waals surface area contributed by atoms with Crippen molar-refractivity contribution in [3.05, 3.63) is 29.1 Å². The van der Waals surface area contributed by atoms with Crippen molar-refractivity contribution in [1.29, 1.82) is 0 Å². The first kappa shape index (κ1) is 21.1. The summed E-state index contributed by atoms with van der Waals surface area (Å²) in [6, 6.07) is 2.86. The highest BCUT2D eigenvalue weighted by molar-refractivity contribution is 5.91. The smallest absolute Gasteiger partial charge is 0.244 e. The molecule has 156 valence electrons. The zero-order chi connectivity index (χ0) is 19.9. The minimum absolute atomic E-state index is 0.0147. The highest BCUT2D eigenvalue weighted by atomic mass is 16.1. The number of nitrogens with one attached hydrogen (secondary N) is 1. The van der Waals surface area contributed by atoms with E-state index in [1.165, 1.54) is 49.1 Å². The molecule has 1 aliphatic heterocycles. The molecule has 1 N–H and O–H groups in total. The van der Waals surface area contributed by atoms with Gasteiger partial charge < -0.3 is 19.7 Å². The standard InChI is InChI=1S/C23H38N4O/c1-19-18-21(20(2)27(19)22-8-5-4-6-9-22)10-11-23(28)24-12-7-13-26-16-14-25(3)15-17-26/h10-11,18,22H,4-9,12-17H2,1-3H3,(H,24,28)/b11-10+. The van der Waals surface area contributed by atoms with Crippen LogP contribution in [0.3, 0.4) is 0 Å². The fraction of sp³-hybridized carbons (Fsp3) is 0.696. The summed E-state index contributed by atoms with van der Waals surface area (Å²) < 4.78 is 2.49. The minimum atomic E-state index is 0.0147. The maximum atomic E-state index is 12.2. The van der Waals surface area contributed by atoms with E-state index < -0.39 is 0 Å². The van der Waals surface area contributed by atoms with Crippen LogP contribution in [0.15, 0.2) is 12.1 Å². The van der Waals surface area contributed by atoms with Crippen LogP contribution in [-0.2, 0) is 4.79 Å². The third-order valence-corrected chi connectivity index (χ3v) is 6.42. The lowest BCUT2D eigenvalue weighted by molar-refractivity contribution is -0.116. The summed E-state index contributed by atoms with van der Waals surface area (Å²) in [7, 11) is 2.18. The lowest BCUT2D eigenvalue weighted by Gasteiger charge is -2.32. The number of nitrogens with zero attached hydrogens (tertiary/aromatic N) is 3.